The number of rotatable bonds is 6. The molecule has 20 heavy (non-hydrogen) atoms. The molecular formula is C13H19N3O4. The molecule has 0 aromatic heterocycles. The Morgan fingerprint density at radius 1 is 1.50 bits per heavy atom. The van der Waals surface area contributed by atoms with Crippen molar-refractivity contribution in [3.05, 3.63) is 33.9 Å². The topological polar surface area (TPSA) is 104 Å². The van der Waals surface area contributed by atoms with Gasteiger partial charge in [-0.05, 0) is 31.9 Å². The zero-order chi connectivity index (χ0) is 15.1. The van der Waals surface area contributed by atoms with Crippen LogP contribution in [0.25, 0.3) is 0 Å². The third kappa shape index (κ3) is 4.85. The Morgan fingerprint density at radius 2 is 2.20 bits per heavy atom. The van der Waals surface area contributed by atoms with E-state index >= 15 is 0 Å². The molecular weight excluding hydrogens is 262 g/mol. The second kappa shape index (κ2) is 7.44. The molecule has 7 heteroatoms. The number of aliphatic hydroxyl groups is 1. The van der Waals surface area contributed by atoms with Crippen LogP contribution in [0.15, 0.2) is 18.2 Å². The Bertz CT molecular complexity index is 491. The van der Waals surface area contributed by atoms with Crippen LogP contribution < -0.4 is 10.6 Å². The molecule has 1 atom stereocenters. The van der Waals surface area contributed by atoms with Gasteiger partial charge in [0.2, 0.25) is 0 Å². The van der Waals surface area contributed by atoms with E-state index in [1.54, 1.807) is 13.0 Å². The highest BCUT2D eigenvalue weighted by molar-refractivity contribution is 5.89. The van der Waals surface area contributed by atoms with Crippen molar-refractivity contribution in [2.75, 3.05) is 11.9 Å². The number of aliphatic hydroxyl groups excluding tert-OH is 1. The average molecular weight is 281 g/mol. The zero-order valence-corrected chi connectivity index (χ0v) is 11.5. The Morgan fingerprint density at radius 3 is 2.75 bits per heavy atom. The van der Waals surface area contributed by atoms with Crippen molar-refractivity contribution in [3.63, 3.8) is 0 Å². The summed E-state index contributed by atoms with van der Waals surface area (Å²) in [5.74, 6) is 0. The molecule has 1 rings (SSSR count). The maximum Gasteiger partial charge on any atom is 0.319 e. The molecule has 1 aromatic carbocycles. The highest BCUT2D eigenvalue weighted by atomic mass is 16.6. The van der Waals surface area contributed by atoms with E-state index in [9.17, 15) is 20.0 Å². The Labute approximate surface area is 117 Å². The molecule has 2 amide bonds. The molecule has 0 heterocycles. The van der Waals surface area contributed by atoms with E-state index < -0.39 is 17.1 Å². The van der Waals surface area contributed by atoms with E-state index in [0.717, 1.165) is 0 Å². The summed E-state index contributed by atoms with van der Waals surface area (Å²) in [7, 11) is 0. The number of amides is 2. The molecule has 0 aliphatic rings. The van der Waals surface area contributed by atoms with Crippen LogP contribution >= 0.6 is 0 Å². The third-order valence-electron chi connectivity index (χ3n) is 2.89. The number of urea groups is 1. The minimum Gasteiger partial charge on any atom is -0.393 e. The first kappa shape index (κ1) is 15.9. The quantitative estimate of drug-likeness (QED) is 0.549. The Balaban J connectivity index is 2.50. The second-order valence-electron chi connectivity index (χ2n) is 4.49. The fourth-order valence-electron chi connectivity index (χ4n) is 1.67. The maximum atomic E-state index is 11.6. The Hall–Kier alpha value is -2.15. The van der Waals surface area contributed by atoms with Crippen molar-refractivity contribution in [1.29, 1.82) is 0 Å². The summed E-state index contributed by atoms with van der Waals surface area (Å²) in [5, 5.41) is 25.2. The summed E-state index contributed by atoms with van der Waals surface area (Å²) in [6.45, 7) is 3.84. The van der Waals surface area contributed by atoms with Crippen LogP contribution in [0.5, 0.6) is 0 Å². The fourth-order valence-corrected chi connectivity index (χ4v) is 1.67. The van der Waals surface area contributed by atoms with E-state index in [0.29, 0.717) is 30.6 Å². The van der Waals surface area contributed by atoms with Gasteiger partial charge >= 0.3 is 6.03 Å². The van der Waals surface area contributed by atoms with Crippen LogP contribution in [-0.2, 0) is 0 Å². The molecule has 0 saturated carbocycles. The number of hydrogen-bond acceptors (Lipinski definition) is 4. The predicted molar refractivity (Wildman–Crippen MR) is 75.8 cm³/mol. The van der Waals surface area contributed by atoms with Crippen molar-refractivity contribution in [1.82, 2.24) is 5.32 Å². The van der Waals surface area contributed by atoms with Crippen LogP contribution in [0, 0.1) is 17.0 Å². The molecule has 7 nitrogen and oxygen atoms in total. The molecule has 3 N–H and O–H groups in total. The van der Waals surface area contributed by atoms with E-state index in [1.165, 1.54) is 12.1 Å². The van der Waals surface area contributed by atoms with Crippen LogP contribution in [0.3, 0.4) is 0 Å². The largest absolute Gasteiger partial charge is 0.393 e. The number of anilines is 1. The number of benzene rings is 1. The zero-order valence-electron chi connectivity index (χ0n) is 11.5. The number of carbonyl (C=O) groups is 1. The third-order valence-corrected chi connectivity index (χ3v) is 2.89. The van der Waals surface area contributed by atoms with Gasteiger partial charge in [-0.1, -0.05) is 6.92 Å². The smallest absolute Gasteiger partial charge is 0.319 e. The lowest BCUT2D eigenvalue weighted by Crippen LogP contribution is -2.31. The Kier molecular flexibility index (Phi) is 5.92. The number of hydrogen-bond donors (Lipinski definition) is 3. The van der Waals surface area contributed by atoms with Gasteiger partial charge in [-0.25, -0.2) is 4.79 Å². The average Bonchev–Trinajstić information content (AvgIpc) is 2.38. The molecule has 0 saturated heterocycles. The number of nitrogens with zero attached hydrogens (tertiary/aromatic N) is 1. The van der Waals surface area contributed by atoms with Gasteiger partial charge in [0.15, 0.2) is 0 Å². The molecule has 0 radical (unpaired) electrons. The summed E-state index contributed by atoms with van der Waals surface area (Å²) in [5.41, 5.74) is 0.984. The van der Waals surface area contributed by atoms with Gasteiger partial charge in [-0.3, -0.25) is 10.1 Å². The van der Waals surface area contributed by atoms with Crippen molar-refractivity contribution < 1.29 is 14.8 Å². The molecule has 1 unspecified atom stereocenters. The highest BCUT2D eigenvalue weighted by Gasteiger charge is 2.11. The van der Waals surface area contributed by atoms with Crippen LogP contribution in [0.4, 0.5) is 16.2 Å². The first-order valence-electron chi connectivity index (χ1n) is 6.42. The lowest BCUT2D eigenvalue weighted by atomic mass is 10.2. The summed E-state index contributed by atoms with van der Waals surface area (Å²) in [6.07, 6.45) is 0.713. The lowest BCUT2D eigenvalue weighted by Gasteiger charge is -2.10. The van der Waals surface area contributed by atoms with Gasteiger partial charge in [0, 0.05) is 23.9 Å². The first-order chi connectivity index (χ1) is 9.43. The minimum absolute atomic E-state index is 0.0158. The second-order valence-corrected chi connectivity index (χ2v) is 4.49. The fraction of sp³-hybridized carbons (Fsp3) is 0.462. The number of nitrogens with one attached hydrogen (secondary N) is 2. The van der Waals surface area contributed by atoms with Crippen molar-refractivity contribution in [3.8, 4) is 0 Å². The first-order valence-corrected chi connectivity index (χ1v) is 6.42. The van der Waals surface area contributed by atoms with E-state index in [-0.39, 0.29) is 5.69 Å². The van der Waals surface area contributed by atoms with Gasteiger partial charge in [0.05, 0.1) is 11.0 Å². The molecule has 0 aliphatic heterocycles. The number of nitro groups is 1. The standard InChI is InChI=1S/C13H19N3O4/c1-3-11(17)6-7-14-13(18)15-10-4-5-12(16(19)20)9(2)8-10/h4-5,8,11,17H,3,6-7H2,1-2H3,(H2,14,15,18). The van der Waals surface area contributed by atoms with Crippen molar-refractivity contribution in [2.24, 2.45) is 0 Å². The molecule has 0 spiro atoms. The molecule has 0 bridgehead atoms. The summed E-state index contributed by atoms with van der Waals surface area (Å²) < 4.78 is 0. The van der Waals surface area contributed by atoms with Crippen LogP contribution in [0.1, 0.15) is 25.3 Å². The number of carbonyl (C=O) groups excluding carboxylic acids is 1. The van der Waals surface area contributed by atoms with Gasteiger partial charge in [-0.15, -0.1) is 0 Å². The summed E-state index contributed by atoms with van der Waals surface area (Å²) in [4.78, 5) is 21.8. The molecule has 0 aliphatic carbocycles. The highest BCUT2D eigenvalue weighted by Crippen LogP contribution is 2.21. The van der Waals surface area contributed by atoms with Gasteiger partial charge in [0.25, 0.3) is 5.69 Å². The molecule has 110 valence electrons. The van der Waals surface area contributed by atoms with Crippen molar-refractivity contribution in [2.45, 2.75) is 32.8 Å². The predicted octanol–water partition coefficient (Wildman–Crippen LogP) is 2.19. The normalized spacial score (nSPS) is 11.8. The van der Waals surface area contributed by atoms with Gasteiger partial charge in [-0.2, -0.15) is 0 Å². The van der Waals surface area contributed by atoms with E-state index in [4.69, 9.17) is 0 Å². The maximum absolute atomic E-state index is 11.6. The number of nitro benzene ring substituents is 1. The lowest BCUT2D eigenvalue weighted by molar-refractivity contribution is -0.385. The van der Waals surface area contributed by atoms with Crippen molar-refractivity contribution >= 4 is 17.4 Å². The molecule has 0 fully saturated rings. The van der Waals surface area contributed by atoms with Gasteiger partial charge in [0.1, 0.15) is 0 Å². The monoisotopic (exact) mass is 281 g/mol. The van der Waals surface area contributed by atoms with E-state index in [2.05, 4.69) is 10.6 Å². The molecule has 1 aromatic rings. The minimum atomic E-state index is -0.467. The summed E-state index contributed by atoms with van der Waals surface area (Å²) in [6, 6.07) is 3.97. The summed E-state index contributed by atoms with van der Waals surface area (Å²) >= 11 is 0. The van der Waals surface area contributed by atoms with Crippen LogP contribution in [0.2, 0.25) is 0 Å². The van der Waals surface area contributed by atoms with Gasteiger partial charge < -0.3 is 15.7 Å². The van der Waals surface area contributed by atoms with Crippen LogP contribution in [-0.4, -0.2) is 28.7 Å². The van der Waals surface area contributed by atoms with E-state index in [1.807, 2.05) is 6.92 Å². The number of aryl methyl sites for hydroxylation is 1. The SMILES string of the molecule is CCC(O)CCNC(=O)Nc1ccc([N+](=O)[O-])c(C)c1.